The number of anilines is 1. The summed E-state index contributed by atoms with van der Waals surface area (Å²) in [6, 6.07) is 12.0. The first-order chi connectivity index (χ1) is 9.56. The Morgan fingerprint density at radius 2 is 1.90 bits per heavy atom. The van der Waals surface area contributed by atoms with Crippen molar-refractivity contribution in [2.75, 3.05) is 4.72 Å². The van der Waals surface area contributed by atoms with Crippen molar-refractivity contribution in [3.63, 3.8) is 0 Å². The van der Waals surface area contributed by atoms with Crippen LogP contribution in [0.3, 0.4) is 0 Å². The lowest BCUT2D eigenvalue weighted by Gasteiger charge is -2.08. The van der Waals surface area contributed by atoms with Gasteiger partial charge in [-0.25, -0.2) is 0 Å². The van der Waals surface area contributed by atoms with Crippen molar-refractivity contribution in [1.82, 2.24) is 4.98 Å². The molecule has 1 aromatic carbocycles. The van der Waals surface area contributed by atoms with Crippen molar-refractivity contribution >= 4 is 26.6 Å². The molecular weight excluding hydrogens is 276 g/mol. The number of fused-ring (bicyclic) bond motifs is 1. The number of hydrogen-bond donors (Lipinski definition) is 1. The molecular formula is C14H12N2O3S. The van der Waals surface area contributed by atoms with E-state index in [2.05, 4.69) is 9.71 Å². The van der Waals surface area contributed by atoms with Crippen molar-refractivity contribution in [1.29, 1.82) is 0 Å². The fraction of sp³-hybridized carbons (Fsp3) is 0.0714. The predicted octanol–water partition coefficient (Wildman–Crippen LogP) is 2.94. The van der Waals surface area contributed by atoms with E-state index in [1.807, 2.05) is 12.1 Å². The Hall–Kier alpha value is -2.34. The Morgan fingerprint density at radius 3 is 2.65 bits per heavy atom. The van der Waals surface area contributed by atoms with Crippen LogP contribution in [0, 0.1) is 6.92 Å². The van der Waals surface area contributed by atoms with Gasteiger partial charge in [-0.15, -0.1) is 0 Å². The van der Waals surface area contributed by atoms with Gasteiger partial charge in [0.15, 0.2) is 0 Å². The number of hydrogen-bond acceptors (Lipinski definition) is 4. The van der Waals surface area contributed by atoms with Gasteiger partial charge < -0.3 is 4.42 Å². The highest BCUT2D eigenvalue weighted by Gasteiger charge is 2.19. The molecule has 2 aromatic heterocycles. The number of aromatic nitrogens is 1. The minimum atomic E-state index is -3.74. The summed E-state index contributed by atoms with van der Waals surface area (Å²) in [4.78, 5) is 4.21. The van der Waals surface area contributed by atoms with E-state index in [4.69, 9.17) is 4.42 Å². The van der Waals surface area contributed by atoms with Crippen molar-refractivity contribution in [3.8, 4) is 0 Å². The van der Waals surface area contributed by atoms with Crippen LogP contribution in [0.4, 0.5) is 5.69 Å². The lowest BCUT2D eigenvalue weighted by Crippen LogP contribution is -2.12. The molecule has 0 aliphatic rings. The van der Waals surface area contributed by atoms with Gasteiger partial charge in [0.2, 0.25) is 5.09 Å². The van der Waals surface area contributed by atoms with Crippen molar-refractivity contribution in [2.45, 2.75) is 12.0 Å². The van der Waals surface area contributed by atoms with Crippen molar-refractivity contribution in [2.24, 2.45) is 0 Å². The third-order valence-corrected chi connectivity index (χ3v) is 4.10. The maximum atomic E-state index is 12.2. The second-order valence-electron chi connectivity index (χ2n) is 4.35. The summed E-state index contributed by atoms with van der Waals surface area (Å²) in [5.41, 5.74) is 1.03. The second kappa shape index (κ2) is 4.64. The number of nitrogens with one attached hydrogen (secondary N) is 1. The quantitative estimate of drug-likeness (QED) is 0.804. The predicted molar refractivity (Wildman–Crippen MR) is 76.0 cm³/mol. The summed E-state index contributed by atoms with van der Waals surface area (Å²) in [5, 5.41) is 0.756. The standard InChI is InChI=1S/C14H12N2O3S/c1-10-7-8-13(19-10)20(17,18)16-12-6-2-4-11-5-3-9-15-14(11)12/h2-9,16H,1H3. The molecule has 0 aliphatic carbocycles. The van der Waals surface area contributed by atoms with Gasteiger partial charge in [-0.3, -0.25) is 9.71 Å². The molecule has 0 aliphatic heterocycles. The fourth-order valence-electron chi connectivity index (χ4n) is 1.94. The monoisotopic (exact) mass is 288 g/mol. The minimum absolute atomic E-state index is 0.108. The maximum Gasteiger partial charge on any atom is 0.295 e. The number of pyridine rings is 1. The van der Waals surface area contributed by atoms with Crippen LogP contribution in [0.1, 0.15) is 5.76 Å². The summed E-state index contributed by atoms with van der Waals surface area (Å²) >= 11 is 0. The number of rotatable bonds is 3. The topological polar surface area (TPSA) is 72.2 Å². The average Bonchev–Trinajstić information content (AvgIpc) is 2.86. The van der Waals surface area contributed by atoms with E-state index in [1.54, 1.807) is 37.4 Å². The van der Waals surface area contributed by atoms with Gasteiger partial charge in [0.25, 0.3) is 10.0 Å². The molecule has 0 saturated heterocycles. The van der Waals surface area contributed by atoms with Crippen LogP contribution in [0.15, 0.2) is 58.2 Å². The molecule has 5 nitrogen and oxygen atoms in total. The highest BCUT2D eigenvalue weighted by molar-refractivity contribution is 7.92. The summed E-state index contributed by atoms with van der Waals surface area (Å²) in [5.74, 6) is 0.543. The largest absolute Gasteiger partial charge is 0.448 e. The lowest BCUT2D eigenvalue weighted by molar-refractivity contribution is 0.430. The molecule has 0 saturated carbocycles. The van der Waals surface area contributed by atoms with Gasteiger partial charge in [0.05, 0.1) is 11.2 Å². The van der Waals surface area contributed by atoms with E-state index >= 15 is 0 Å². The third kappa shape index (κ3) is 2.25. The highest BCUT2D eigenvalue weighted by atomic mass is 32.2. The SMILES string of the molecule is Cc1ccc(S(=O)(=O)Nc2cccc3cccnc23)o1. The van der Waals surface area contributed by atoms with Gasteiger partial charge in [-0.05, 0) is 31.2 Å². The number of furan rings is 1. The van der Waals surface area contributed by atoms with Gasteiger partial charge >= 0.3 is 0 Å². The molecule has 0 radical (unpaired) electrons. The number of sulfonamides is 1. The molecule has 1 N–H and O–H groups in total. The van der Waals surface area contributed by atoms with E-state index in [0.717, 1.165) is 5.39 Å². The van der Waals surface area contributed by atoms with Crippen LogP contribution >= 0.6 is 0 Å². The molecule has 3 rings (SSSR count). The van der Waals surface area contributed by atoms with Gasteiger partial charge in [-0.2, -0.15) is 8.42 Å². The summed E-state index contributed by atoms with van der Waals surface area (Å²) in [7, 11) is -3.74. The first-order valence-corrected chi connectivity index (χ1v) is 7.47. The van der Waals surface area contributed by atoms with Gasteiger partial charge in [0.1, 0.15) is 5.76 Å². The number of nitrogens with zero attached hydrogens (tertiary/aromatic N) is 1. The van der Waals surface area contributed by atoms with E-state index in [1.165, 1.54) is 6.07 Å². The molecule has 2 heterocycles. The number of aryl methyl sites for hydroxylation is 1. The molecule has 3 aromatic rings. The molecule has 102 valence electrons. The Bertz CT molecular complexity index is 864. The van der Waals surface area contributed by atoms with Crippen molar-refractivity contribution in [3.05, 3.63) is 54.4 Å². The summed E-state index contributed by atoms with van der Waals surface area (Å²) in [6.45, 7) is 1.69. The number of benzene rings is 1. The van der Waals surface area contributed by atoms with E-state index in [-0.39, 0.29) is 5.09 Å². The van der Waals surface area contributed by atoms with Crippen LogP contribution in [0.25, 0.3) is 10.9 Å². The fourth-order valence-corrected chi connectivity index (χ4v) is 2.98. The normalized spacial score (nSPS) is 11.7. The van der Waals surface area contributed by atoms with Gasteiger partial charge in [0, 0.05) is 11.6 Å². The van der Waals surface area contributed by atoms with Gasteiger partial charge in [-0.1, -0.05) is 18.2 Å². The summed E-state index contributed by atoms with van der Waals surface area (Å²) in [6.07, 6.45) is 1.62. The minimum Gasteiger partial charge on any atom is -0.448 e. The van der Waals surface area contributed by atoms with Crippen LogP contribution in [0.5, 0.6) is 0 Å². The third-order valence-electron chi connectivity index (χ3n) is 2.86. The van der Waals surface area contributed by atoms with Crippen LogP contribution < -0.4 is 4.72 Å². The molecule has 6 heteroatoms. The first-order valence-electron chi connectivity index (χ1n) is 5.99. The zero-order valence-corrected chi connectivity index (χ0v) is 11.5. The van der Waals surface area contributed by atoms with E-state index in [0.29, 0.717) is 17.0 Å². The highest BCUT2D eigenvalue weighted by Crippen LogP contribution is 2.24. The Kier molecular flexibility index (Phi) is 2.94. The average molecular weight is 288 g/mol. The second-order valence-corrected chi connectivity index (χ2v) is 5.96. The Morgan fingerprint density at radius 1 is 1.10 bits per heavy atom. The molecule has 0 bridgehead atoms. The first kappa shape index (κ1) is 12.7. The molecule has 0 amide bonds. The Labute approximate surface area is 116 Å². The lowest BCUT2D eigenvalue weighted by atomic mass is 10.2. The molecule has 0 atom stereocenters. The zero-order chi connectivity index (χ0) is 14.2. The van der Waals surface area contributed by atoms with E-state index < -0.39 is 10.0 Å². The van der Waals surface area contributed by atoms with E-state index in [9.17, 15) is 8.42 Å². The van der Waals surface area contributed by atoms with Crippen LogP contribution in [-0.2, 0) is 10.0 Å². The molecule has 0 spiro atoms. The molecule has 0 fully saturated rings. The van der Waals surface area contributed by atoms with Crippen LogP contribution in [-0.4, -0.2) is 13.4 Å². The van der Waals surface area contributed by atoms with Crippen molar-refractivity contribution < 1.29 is 12.8 Å². The maximum absolute atomic E-state index is 12.2. The van der Waals surface area contributed by atoms with Crippen LogP contribution in [0.2, 0.25) is 0 Å². The number of para-hydroxylation sites is 1. The Balaban J connectivity index is 2.05. The molecule has 0 unspecified atom stereocenters. The summed E-state index contributed by atoms with van der Waals surface area (Å²) < 4.78 is 32.1. The zero-order valence-electron chi connectivity index (χ0n) is 10.7. The smallest absolute Gasteiger partial charge is 0.295 e. The molecule has 20 heavy (non-hydrogen) atoms.